The standard InChI is InChI=1S/C32H57N5O9/c1-9-11-12-13-14-24-20(6)32(45)37(8)23(15-18(3)4)29(42)35-26(19(5)10-2)31(44)34-22(17-38)28(41)36-27(21(7)39)30(43)33-16-25(40)46-24/h18-24,26-27,38-39H,9-17H2,1-8H3,(H,33,43)(H,34,44)(H,35,42)(H,36,41)/t19-,20-,21-,22+,23+,24-,26+,27-/m1/s1. The molecule has 0 bridgehead atoms. The van der Waals surface area contributed by atoms with Gasteiger partial charge < -0.3 is 41.1 Å². The van der Waals surface area contributed by atoms with Gasteiger partial charge in [-0.25, -0.2) is 0 Å². The summed E-state index contributed by atoms with van der Waals surface area (Å²) in [5.41, 5.74) is 0. The van der Waals surface area contributed by atoms with Gasteiger partial charge in [0.05, 0.1) is 18.6 Å². The summed E-state index contributed by atoms with van der Waals surface area (Å²) in [5, 5.41) is 30.0. The van der Waals surface area contributed by atoms with Gasteiger partial charge in [-0.05, 0) is 38.0 Å². The molecule has 0 aromatic carbocycles. The Labute approximate surface area is 273 Å². The van der Waals surface area contributed by atoms with Crippen LogP contribution in [-0.2, 0) is 33.5 Å². The molecule has 5 amide bonds. The third kappa shape index (κ3) is 12.5. The van der Waals surface area contributed by atoms with Gasteiger partial charge in [0.25, 0.3) is 0 Å². The molecule has 1 heterocycles. The van der Waals surface area contributed by atoms with E-state index in [9.17, 15) is 39.0 Å². The van der Waals surface area contributed by atoms with Gasteiger partial charge in [0.15, 0.2) is 0 Å². The van der Waals surface area contributed by atoms with Crippen LogP contribution in [0.25, 0.3) is 0 Å². The second kappa shape index (κ2) is 20.1. The molecule has 0 aromatic rings. The fraction of sp³-hybridized carbons (Fsp3) is 0.812. The predicted octanol–water partition coefficient (Wildman–Crippen LogP) is 0.381. The van der Waals surface area contributed by atoms with Crippen LogP contribution in [-0.4, -0.2) is 107 Å². The predicted molar refractivity (Wildman–Crippen MR) is 171 cm³/mol. The number of hydrogen-bond donors (Lipinski definition) is 6. The van der Waals surface area contributed by atoms with Crippen molar-refractivity contribution >= 4 is 35.5 Å². The van der Waals surface area contributed by atoms with E-state index in [0.717, 1.165) is 19.3 Å². The molecule has 14 heteroatoms. The van der Waals surface area contributed by atoms with E-state index in [1.54, 1.807) is 13.8 Å². The van der Waals surface area contributed by atoms with Crippen LogP contribution in [0.15, 0.2) is 0 Å². The second-order valence-corrected chi connectivity index (χ2v) is 12.8. The fourth-order valence-corrected chi connectivity index (χ4v) is 5.25. The lowest BCUT2D eigenvalue weighted by Crippen LogP contribution is -2.61. The molecular formula is C32H57N5O9. The van der Waals surface area contributed by atoms with Crippen molar-refractivity contribution in [3.05, 3.63) is 0 Å². The molecule has 46 heavy (non-hydrogen) atoms. The summed E-state index contributed by atoms with van der Waals surface area (Å²) in [4.78, 5) is 81.3. The zero-order valence-corrected chi connectivity index (χ0v) is 28.8. The number of aliphatic hydroxyl groups is 2. The van der Waals surface area contributed by atoms with Gasteiger partial charge in [0, 0.05) is 7.05 Å². The molecule has 8 atom stereocenters. The number of hydrogen-bond acceptors (Lipinski definition) is 9. The van der Waals surface area contributed by atoms with Crippen molar-refractivity contribution in [2.75, 3.05) is 20.2 Å². The third-order valence-electron chi connectivity index (χ3n) is 8.46. The lowest BCUT2D eigenvalue weighted by molar-refractivity contribution is -0.157. The smallest absolute Gasteiger partial charge is 0.325 e. The van der Waals surface area contributed by atoms with Crippen molar-refractivity contribution < 1.29 is 43.7 Å². The van der Waals surface area contributed by atoms with Gasteiger partial charge in [-0.3, -0.25) is 28.8 Å². The third-order valence-corrected chi connectivity index (χ3v) is 8.46. The highest BCUT2D eigenvalue weighted by molar-refractivity contribution is 5.96. The summed E-state index contributed by atoms with van der Waals surface area (Å²) >= 11 is 0. The first-order chi connectivity index (χ1) is 21.6. The SMILES string of the molecule is CCCCCC[C@H]1OC(=O)CNC(=O)[C@@H]([C@@H](C)O)NC(=O)[C@H](CO)NC(=O)[C@H]([C@H](C)CC)NC(=O)[C@H](CC(C)C)N(C)C(=O)[C@@H]1C. The second-order valence-electron chi connectivity index (χ2n) is 12.8. The highest BCUT2D eigenvalue weighted by Gasteiger charge is 2.38. The maximum Gasteiger partial charge on any atom is 0.325 e. The Balaban J connectivity index is 3.62. The number of rotatable bonds is 11. The van der Waals surface area contributed by atoms with Gasteiger partial charge in [-0.2, -0.15) is 0 Å². The Kier molecular flexibility index (Phi) is 17.8. The van der Waals surface area contributed by atoms with Crippen LogP contribution < -0.4 is 21.3 Å². The number of esters is 1. The highest BCUT2D eigenvalue weighted by Crippen LogP contribution is 2.22. The molecule has 0 spiro atoms. The first-order valence-corrected chi connectivity index (χ1v) is 16.5. The van der Waals surface area contributed by atoms with E-state index >= 15 is 0 Å². The van der Waals surface area contributed by atoms with Crippen LogP contribution in [0.4, 0.5) is 0 Å². The Bertz CT molecular complexity index is 1040. The number of likely N-dealkylation sites (N-methyl/N-ethyl adjacent to an activating group) is 1. The van der Waals surface area contributed by atoms with E-state index < -0.39 is 96.9 Å². The Morgan fingerprint density at radius 2 is 1.50 bits per heavy atom. The molecule has 1 aliphatic heterocycles. The average molecular weight is 656 g/mol. The van der Waals surface area contributed by atoms with Crippen LogP contribution in [0.3, 0.4) is 0 Å². The maximum absolute atomic E-state index is 13.9. The zero-order chi connectivity index (χ0) is 35.1. The number of aliphatic hydroxyl groups excluding tert-OH is 2. The number of ether oxygens (including phenoxy) is 1. The molecule has 1 fully saturated rings. The molecular weight excluding hydrogens is 598 g/mol. The summed E-state index contributed by atoms with van der Waals surface area (Å²) in [6.45, 7) is 10.9. The fourth-order valence-electron chi connectivity index (χ4n) is 5.25. The van der Waals surface area contributed by atoms with Gasteiger partial charge in [0.1, 0.15) is 36.8 Å². The maximum atomic E-state index is 13.9. The molecule has 0 saturated carbocycles. The molecule has 1 aliphatic rings. The van der Waals surface area contributed by atoms with E-state index in [0.29, 0.717) is 19.3 Å². The van der Waals surface area contributed by atoms with E-state index in [-0.39, 0.29) is 12.3 Å². The number of amides is 5. The van der Waals surface area contributed by atoms with E-state index in [1.807, 2.05) is 20.8 Å². The molecule has 264 valence electrons. The van der Waals surface area contributed by atoms with Crippen LogP contribution >= 0.6 is 0 Å². The van der Waals surface area contributed by atoms with Crippen molar-refractivity contribution in [1.29, 1.82) is 0 Å². The normalized spacial score (nSPS) is 27.8. The highest BCUT2D eigenvalue weighted by atomic mass is 16.5. The van der Waals surface area contributed by atoms with Crippen LogP contribution in [0.1, 0.15) is 93.4 Å². The lowest BCUT2D eigenvalue weighted by atomic mass is 9.94. The molecule has 0 aliphatic carbocycles. The van der Waals surface area contributed by atoms with E-state index in [2.05, 4.69) is 28.2 Å². The zero-order valence-electron chi connectivity index (χ0n) is 28.8. The minimum Gasteiger partial charge on any atom is -0.460 e. The number of carbonyl (C=O) groups excluding carboxylic acids is 6. The van der Waals surface area contributed by atoms with Crippen LogP contribution in [0.2, 0.25) is 0 Å². The number of nitrogens with one attached hydrogen (secondary N) is 4. The number of unbranched alkanes of at least 4 members (excludes halogenated alkanes) is 3. The average Bonchev–Trinajstić information content (AvgIpc) is 3.01. The molecule has 0 aromatic heterocycles. The summed E-state index contributed by atoms with van der Waals surface area (Å²) in [6, 6.07) is -5.15. The van der Waals surface area contributed by atoms with Gasteiger partial charge in [-0.15, -0.1) is 0 Å². The molecule has 6 N–H and O–H groups in total. The largest absolute Gasteiger partial charge is 0.460 e. The van der Waals surface area contributed by atoms with Gasteiger partial charge in [0.2, 0.25) is 29.5 Å². The number of nitrogens with zero attached hydrogens (tertiary/aromatic N) is 1. The van der Waals surface area contributed by atoms with Crippen molar-refractivity contribution in [3.8, 4) is 0 Å². The summed E-state index contributed by atoms with van der Waals surface area (Å²) in [6.07, 6.45) is 2.37. The Hall–Kier alpha value is -3.26. The van der Waals surface area contributed by atoms with Crippen molar-refractivity contribution in [3.63, 3.8) is 0 Å². The molecule has 0 radical (unpaired) electrons. The first kappa shape index (κ1) is 40.8. The topological polar surface area (TPSA) is 203 Å². The van der Waals surface area contributed by atoms with Crippen molar-refractivity contribution in [2.45, 2.75) is 130 Å². The summed E-state index contributed by atoms with van der Waals surface area (Å²) in [5.74, 6) is -5.66. The van der Waals surface area contributed by atoms with Crippen LogP contribution in [0, 0.1) is 17.8 Å². The Morgan fingerprint density at radius 1 is 0.870 bits per heavy atom. The number of cyclic esters (lactones) is 1. The molecule has 0 unspecified atom stereocenters. The Morgan fingerprint density at radius 3 is 2.04 bits per heavy atom. The lowest BCUT2D eigenvalue weighted by Gasteiger charge is -2.34. The molecule has 14 nitrogen and oxygen atoms in total. The number of carbonyl (C=O) groups is 6. The molecule has 1 rings (SSSR count). The van der Waals surface area contributed by atoms with Gasteiger partial charge >= 0.3 is 5.97 Å². The van der Waals surface area contributed by atoms with E-state index in [1.165, 1.54) is 18.9 Å². The minimum atomic E-state index is -1.53. The quantitative estimate of drug-likeness (QED) is 0.134. The summed E-state index contributed by atoms with van der Waals surface area (Å²) in [7, 11) is 1.50. The minimum absolute atomic E-state index is 0.00519. The van der Waals surface area contributed by atoms with Crippen LogP contribution in [0.5, 0.6) is 0 Å². The van der Waals surface area contributed by atoms with Crippen molar-refractivity contribution in [1.82, 2.24) is 26.2 Å². The summed E-state index contributed by atoms with van der Waals surface area (Å²) < 4.78 is 5.71. The van der Waals surface area contributed by atoms with Gasteiger partial charge in [-0.1, -0.05) is 67.2 Å². The monoisotopic (exact) mass is 655 g/mol. The van der Waals surface area contributed by atoms with E-state index in [4.69, 9.17) is 4.74 Å². The first-order valence-electron chi connectivity index (χ1n) is 16.5. The van der Waals surface area contributed by atoms with Crippen molar-refractivity contribution in [2.24, 2.45) is 17.8 Å². The molecule has 1 saturated heterocycles.